The second-order valence-corrected chi connectivity index (χ2v) is 5.62. The SMILES string of the molecule is CCCCCOc1c(Br)cc(Cl)cc1CCC(=O)O. The molecule has 0 aromatic heterocycles. The number of aliphatic carboxylic acids is 1. The van der Waals surface area contributed by atoms with E-state index >= 15 is 0 Å². The standard InChI is InChI=1S/C14H18BrClO3/c1-2-3-4-7-19-14-10(5-6-13(17)18)8-11(16)9-12(14)15/h8-9H,2-7H2,1H3,(H,17,18). The molecule has 0 aliphatic heterocycles. The number of halogens is 2. The van der Waals surface area contributed by atoms with Gasteiger partial charge in [0.25, 0.3) is 0 Å². The number of aryl methyl sites for hydroxylation is 1. The van der Waals surface area contributed by atoms with Crippen LogP contribution in [0, 0.1) is 0 Å². The van der Waals surface area contributed by atoms with Crippen LogP contribution in [-0.2, 0) is 11.2 Å². The third-order valence-corrected chi connectivity index (χ3v) is 3.50. The van der Waals surface area contributed by atoms with Gasteiger partial charge < -0.3 is 9.84 Å². The van der Waals surface area contributed by atoms with Crippen molar-refractivity contribution in [1.82, 2.24) is 0 Å². The number of carbonyl (C=O) groups is 1. The summed E-state index contributed by atoms with van der Waals surface area (Å²) in [6, 6.07) is 3.53. The van der Waals surface area contributed by atoms with Crippen LogP contribution in [0.2, 0.25) is 5.02 Å². The Morgan fingerprint density at radius 1 is 1.42 bits per heavy atom. The average Bonchev–Trinajstić information content (AvgIpc) is 2.34. The zero-order chi connectivity index (χ0) is 14.3. The van der Waals surface area contributed by atoms with Gasteiger partial charge in [-0.05, 0) is 46.5 Å². The number of hydrogen-bond donors (Lipinski definition) is 1. The zero-order valence-electron chi connectivity index (χ0n) is 10.9. The van der Waals surface area contributed by atoms with E-state index in [0.29, 0.717) is 23.8 Å². The minimum atomic E-state index is -0.826. The fourth-order valence-electron chi connectivity index (χ4n) is 1.73. The van der Waals surface area contributed by atoms with Gasteiger partial charge in [0, 0.05) is 11.4 Å². The van der Waals surface area contributed by atoms with Gasteiger partial charge >= 0.3 is 5.97 Å². The van der Waals surface area contributed by atoms with Crippen LogP contribution in [0.4, 0.5) is 0 Å². The Kier molecular flexibility index (Phi) is 7.24. The topological polar surface area (TPSA) is 46.5 Å². The van der Waals surface area contributed by atoms with Crippen molar-refractivity contribution < 1.29 is 14.6 Å². The highest BCUT2D eigenvalue weighted by molar-refractivity contribution is 9.10. The summed E-state index contributed by atoms with van der Waals surface area (Å²) in [5.74, 6) is -0.116. The van der Waals surface area contributed by atoms with E-state index in [4.69, 9.17) is 21.4 Å². The molecule has 19 heavy (non-hydrogen) atoms. The normalized spacial score (nSPS) is 10.5. The third-order valence-electron chi connectivity index (χ3n) is 2.69. The van der Waals surface area contributed by atoms with Gasteiger partial charge in [0.15, 0.2) is 0 Å². The molecule has 0 atom stereocenters. The Morgan fingerprint density at radius 3 is 2.79 bits per heavy atom. The van der Waals surface area contributed by atoms with Crippen molar-refractivity contribution in [2.45, 2.75) is 39.0 Å². The second kappa shape index (κ2) is 8.43. The summed E-state index contributed by atoms with van der Waals surface area (Å²) in [6.45, 7) is 2.77. The highest BCUT2D eigenvalue weighted by atomic mass is 79.9. The van der Waals surface area contributed by atoms with Gasteiger partial charge in [0.1, 0.15) is 5.75 Å². The molecule has 3 nitrogen and oxygen atoms in total. The Morgan fingerprint density at radius 2 is 2.16 bits per heavy atom. The van der Waals surface area contributed by atoms with Crippen molar-refractivity contribution in [3.63, 3.8) is 0 Å². The molecule has 0 aliphatic rings. The molecule has 1 aromatic carbocycles. The van der Waals surface area contributed by atoms with E-state index in [1.165, 1.54) is 0 Å². The molecule has 0 spiro atoms. The lowest BCUT2D eigenvalue weighted by molar-refractivity contribution is -0.136. The lowest BCUT2D eigenvalue weighted by Crippen LogP contribution is -2.03. The molecule has 0 fully saturated rings. The minimum Gasteiger partial charge on any atom is -0.492 e. The van der Waals surface area contributed by atoms with Crippen molar-refractivity contribution in [2.75, 3.05) is 6.61 Å². The maximum atomic E-state index is 10.7. The Balaban J connectivity index is 2.77. The third kappa shape index (κ3) is 5.83. The van der Waals surface area contributed by atoms with Gasteiger partial charge in [-0.25, -0.2) is 0 Å². The van der Waals surface area contributed by atoms with Crippen molar-refractivity contribution in [2.24, 2.45) is 0 Å². The van der Waals surface area contributed by atoms with E-state index in [2.05, 4.69) is 22.9 Å². The quantitative estimate of drug-likeness (QED) is 0.693. The zero-order valence-corrected chi connectivity index (χ0v) is 13.3. The highest BCUT2D eigenvalue weighted by Crippen LogP contribution is 2.33. The van der Waals surface area contributed by atoms with Crippen LogP contribution < -0.4 is 4.74 Å². The van der Waals surface area contributed by atoms with Crippen LogP contribution >= 0.6 is 27.5 Å². The molecule has 0 heterocycles. The first-order valence-corrected chi connectivity index (χ1v) is 7.54. The molecule has 1 aromatic rings. The number of ether oxygens (including phenoxy) is 1. The molecule has 0 saturated heterocycles. The smallest absolute Gasteiger partial charge is 0.303 e. The predicted octanol–water partition coefficient (Wildman–Crippen LogP) is 4.69. The van der Waals surface area contributed by atoms with Crippen LogP contribution in [0.1, 0.15) is 38.2 Å². The molecule has 0 aliphatic carbocycles. The largest absolute Gasteiger partial charge is 0.492 e. The lowest BCUT2D eigenvalue weighted by Gasteiger charge is -2.13. The molecule has 5 heteroatoms. The number of carboxylic acid groups (broad SMARTS) is 1. The molecule has 0 amide bonds. The van der Waals surface area contributed by atoms with E-state index in [1.807, 2.05) is 0 Å². The van der Waals surface area contributed by atoms with Crippen molar-refractivity contribution in [3.8, 4) is 5.75 Å². The Hall–Kier alpha value is -0.740. The summed E-state index contributed by atoms with van der Waals surface area (Å²) < 4.78 is 6.53. The second-order valence-electron chi connectivity index (χ2n) is 4.33. The summed E-state index contributed by atoms with van der Waals surface area (Å²) in [5, 5.41) is 9.34. The maximum Gasteiger partial charge on any atom is 0.303 e. The first kappa shape index (κ1) is 16.3. The highest BCUT2D eigenvalue weighted by Gasteiger charge is 2.11. The fraction of sp³-hybridized carbons (Fsp3) is 0.500. The van der Waals surface area contributed by atoms with Crippen LogP contribution in [0.5, 0.6) is 5.75 Å². The van der Waals surface area contributed by atoms with E-state index in [0.717, 1.165) is 29.3 Å². The van der Waals surface area contributed by atoms with Gasteiger partial charge in [-0.1, -0.05) is 31.4 Å². The lowest BCUT2D eigenvalue weighted by atomic mass is 10.1. The maximum absolute atomic E-state index is 10.7. The number of hydrogen-bond acceptors (Lipinski definition) is 2. The van der Waals surface area contributed by atoms with Gasteiger partial charge in [0.2, 0.25) is 0 Å². The van der Waals surface area contributed by atoms with E-state index < -0.39 is 5.97 Å². The number of unbranched alkanes of at least 4 members (excludes halogenated alkanes) is 2. The Labute approximate surface area is 127 Å². The van der Waals surface area contributed by atoms with Crippen LogP contribution in [0.25, 0.3) is 0 Å². The van der Waals surface area contributed by atoms with Crippen LogP contribution in [0.3, 0.4) is 0 Å². The van der Waals surface area contributed by atoms with Crippen LogP contribution in [0.15, 0.2) is 16.6 Å². The molecule has 1 rings (SSSR count). The van der Waals surface area contributed by atoms with Crippen LogP contribution in [-0.4, -0.2) is 17.7 Å². The summed E-state index contributed by atoms with van der Waals surface area (Å²) >= 11 is 9.41. The molecule has 0 bridgehead atoms. The Bertz CT molecular complexity index is 435. The molecular formula is C14H18BrClO3. The summed E-state index contributed by atoms with van der Waals surface area (Å²) in [4.78, 5) is 10.7. The number of rotatable bonds is 8. The number of carboxylic acids is 1. The van der Waals surface area contributed by atoms with Crippen molar-refractivity contribution in [3.05, 3.63) is 27.2 Å². The van der Waals surface area contributed by atoms with E-state index in [9.17, 15) is 4.79 Å². The van der Waals surface area contributed by atoms with Gasteiger partial charge in [0.05, 0.1) is 11.1 Å². The average molecular weight is 350 g/mol. The molecule has 0 radical (unpaired) electrons. The first-order chi connectivity index (χ1) is 9.04. The fourth-order valence-corrected chi connectivity index (χ4v) is 2.72. The van der Waals surface area contributed by atoms with Gasteiger partial charge in [-0.15, -0.1) is 0 Å². The molecular weight excluding hydrogens is 332 g/mol. The summed E-state index contributed by atoms with van der Waals surface area (Å²) in [5.41, 5.74) is 0.832. The molecule has 0 saturated carbocycles. The number of benzene rings is 1. The van der Waals surface area contributed by atoms with Gasteiger partial charge in [-0.2, -0.15) is 0 Å². The van der Waals surface area contributed by atoms with E-state index in [-0.39, 0.29) is 6.42 Å². The predicted molar refractivity (Wildman–Crippen MR) is 80.1 cm³/mol. The molecule has 106 valence electrons. The van der Waals surface area contributed by atoms with Crippen molar-refractivity contribution in [1.29, 1.82) is 0 Å². The summed E-state index contributed by atoms with van der Waals surface area (Å²) in [7, 11) is 0. The molecule has 0 unspecified atom stereocenters. The first-order valence-electron chi connectivity index (χ1n) is 6.37. The minimum absolute atomic E-state index is 0.0676. The van der Waals surface area contributed by atoms with Crippen molar-refractivity contribution >= 4 is 33.5 Å². The van der Waals surface area contributed by atoms with E-state index in [1.54, 1.807) is 12.1 Å². The molecule has 1 N–H and O–H groups in total. The van der Waals surface area contributed by atoms with Gasteiger partial charge in [-0.3, -0.25) is 4.79 Å². The monoisotopic (exact) mass is 348 g/mol. The summed E-state index contributed by atoms with van der Waals surface area (Å²) in [6.07, 6.45) is 3.73.